The van der Waals surface area contributed by atoms with Crippen LogP contribution >= 0.6 is 0 Å². The molecule has 0 spiro atoms. The van der Waals surface area contributed by atoms with Gasteiger partial charge in [-0.25, -0.2) is 4.98 Å². The predicted octanol–water partition coefficient (Wildman–Crippen LogP) is 0.261. The largest absolute Gasteiger partial charge is 0.382 e. The van der Waals surface area contributed by atoms with Crippen LogP contribution in [-0.2, 0) is 22.7 Å². The Labute approximate surface area is 186 Å². The standard InChI is InChI=1S/C23H29N5O4/c24-21-18(6-3-9-25-21)27-10-7-15(8-11-27)12-26-22(31)19(29)20(30)23(32)28-13-16-4-1-2-5-17(16)14-28/h1-6,9,15,19-20,29-30H,7-8,10-14H2,(H2,24,25)(H,26,31)/t19-,20?/m1/s1. The number of fused-ring (bicyclic) bond motifs is 1. The van der Waals surface area contributed by atoms with Crippen molar-refractivity contribution >= 4 is 23.3 Å². The number of anilines is 2. The number of aliphatic hydroxyl groups is 2. The van der Waals surface area contributed by atoms with E-state index in [9.17, 15) is 19.8 Å². The average molecular weight is 440 g/mol. The van der Waals surface area contributed by atoms with Crippen molar-refractivity contribution in [2.75, 3.05) is 30.3 Å². The number of aliphatic hydroxyl groups excluding tert-OH is 2. The van der Waals surface area contributed by atoms with Gasteiger partial charge in [-0.1, -0.05) is 24.3 Å². The van der Waals surface area contributed by atoms with Crippen LogP contribution < -0.4 is 16.0 Å². The van der Waals surface area contributed by atoms with E-state index in [1.807, 2.05) is 36.4 Å². The van der Waals surface area contributed by atoms with Crippen molar-refractivity contribution in [3.05, 3.63) is 53.7 Å². The summed E-state index contributed by atoms with van der Waals surface area (Å²) in [7, 11) is 0. The summed E-state index contributed by atoms with van der Waals surface area (Å²) in [6.45, 7) is 2.68. The number of hydrogen-bond donors (Lipinski definition) is 4. The van der Waals surface area contributed by atoms with E-state index in [1.54, 1.807) is 6.20 Å². The highest BCUT2D eigenvalue weighted by molar-refractivity contribution is 5.91. The van der Waals surface area contributed by atoms with Crippen LogP contribution in [0.2, 0.25) is 0 Å². The molecule has 1 fully saturated rings. The number of aromatic nitrogens is 1. The fraction of sp³-hybridized carbons (Fsp3) is 0.435. The van der Waals surface area contributed by atoms with Gasteiger partial charge in [-0.3, -0.25) is 9.59 Å². The van der Waals surface area contributed by atoms with E-state index in [2.05, 4.69) is 15.2 Å². The number of nitrogen functional groups attached to an aromatic ring is 1. The maximum atomic E-state index is 12.6. The first-order chi connectivity index (χ1) is 15.4. The molecule has 2 amide bonds. The van der Waals surface area contributed by atoms with Gasteiger partial charge in [0.05, 0.1) is 5.69 Å². The summed E-state index contributed by atoms with van der Waals surface area (Å²) in [6.07, 6.45) is -0.244. The first kappa shape index (κ1) is 22.0. The van der Waals surface area contributed by atoms with Gasteiger partial charge in [0.25, 0.3) is 11.8 Å². The van der Waals surface area contributed by atoms with Gasteiger partial charge in [0.15, 0.2) is 12.2 Å². The van der Waals surface area contributed by atoms with E-state index in [0.717, 1.165) is 42.7 Å². The number of benzene rings is 1. The molecule has 0 aliphatic carbocycles. The van der Waals surface area contributed by atoms with Gasteiger partial charge in [-0.05, 0) is 42.0 Å². The average Bonchev–Trinajstić information content (AvgIpc) is 3.26. The first-order valence-electron chi connectivity index (χ1n) is 10.9. The monoisotopic (exact) mass is 439 g/mol. The zero-order chi connectivity index (χ0) is 22.7. The quantitative estimate of drug-likeness (QED) is 0.508. The lowest BCUT2D eigenvalue weighted by atomic mass is 9.96. The van der Waals surface area contributed by atoms with Gasteiger partial charge in [0.1, 0.15) is 5.82 Å². The Morgan fingerprint density at radius 1 is 1.06 bits per heavy atom. The fourth-order valence-corrected chi connectivity index (χ4v) is 4.36. The van der Waals surface area contributed by atoms with Crippen LogP contribution in [0.25, 0.3) is 0 Å². The van der Waals surface area contributed by atoms with Crippen LogP contribution in [0.5, 0.6) is 0 Å². The highest BCUT2D eigenvalue weighted by atomic mass is 16.3. The third-order valence-electron chi connectivity index (χ3n) is 6.31. The molecule has 3 heterocycles. The van der Waals surface area contributed by atoms with Crippen molar-refractivity contribution in [1.82, 2.24) is 15.2 Å². The van der Waals surface area contributed by atoms with Crippen LogP contribution in [0.15, 0.2) is 42.6 Å². The summed E-state index contributed by atoms with van der Waals surface area (Å²) in [6, 6.07) is 11.4. The normalized spacial score (nSPS) is 18.2. The molecule has 0 bridgehead atoms. The van der Waals surface area contributed by atoms with Crippen molar-refractivity contribution in [3.8, 4) is 0 Å². The van der Waals surface area contributed by atoms with Gasteiger partial charge < -0.3 is 31.1 Å². The molecule has 4 rings (SSSR count). The Hall–Kier alpha value is -3.17. The summed E-state index contributed by atoms with van der Waals surface area (Å²) in [4.78, 5) is 32.7. The molecule has 32 heavy (non-hydrogen) atoms. The molecular formula is C23H29N5O4. The maximum Gasteiger partial charge on any atom is 0.255 e. The van der Waals surface area contributed by atoms with Gasteiger partial charge >= 0.3 is 0 Å². The molecule has 0 radical (unpaired) electrons. The lowest BCUT2D eigenvalue weighted by Crippen LogP contribution is -2.50. The summed E-state index contributed by atoms with van der Waals surface area (Å²) in [5, 5.41) is 23.2. The lowest BCUT2D eigenvalue weighted by Gasteiger charge is -2.34. The summed E-state index contributed by atoms with van der Waals surface area (Å²) < 4.78 is 0. The van der Waals surface area contributed by atoms with Gasteiger partial charge in [0, 0.05) is 38.9 Å². The second-order valence-corrected chi connectivity index (χ2v) is 8.44. The van der Waals surface area contributed by atoms with E-state index in [1.165, 1.54) is 4.90 Å². The second kappa shape index (κ2) is 9.54. The predicted molar refractivity (Wildman–Crippen MR) is 119 cm³/mol. The van der Waals surface area contributed by atoms with E-state index in [4.69, 9.17) is 5.73 Å². The molecule has 2 aliphatic heterocycles. The molecule has 5 N–H and O–H groups in total. The van der Waals surface area contributed by atoms with Crippen LogP contribution in [0.1, 0.15) is 24.0 Å². The van der Waals surface area contributed by atoms with Crippen molar-refractivity contribution in [1.29, 1.82) is 0 Å². The minimum absolute atomic E-state index is 0.237. The van der Waals surface area contributed by atoms with Crippen LogP contribution in [-0.4, -0.2) is 63.8 Å². The minimum atomic E-state index is -1.80. The Balaban J connectivity index is 1.23. The number of hydrogen-bond acceptors (Lipinski definition) is 7. The molecule has 9 nitrogen and oxygen atoms in total. The number of piperidine rings is 1. The maximum absolute atomic E-state index is 12.6. The molecule has 1 aromatic heterocycles. The number of amides is 2. The highest BCUT2D eigenvalue weighted by Gasteiger charge is 2.35. The molecule has 2 aliphatic rings. The zero-order valence-electron chi connectivity index (χ0n) is 17.9. The van der Waals surface area contributed by atoms with Crippen LogP contribution in [0, 0.1) is 5.92 Å². The molecule has 1 aromatic carbocycles. The van der Waals surface area contributed by atoms with Crippen LogP contribution in [0.3, 0.4) is 0 Å². The highest BCUT2D eigenvalue weighted by Crippen LogP contribution is 2.26. The molecule has 170 valence electrons. The number of nitrogens with one attached hydrogen (secondary N) is 1. The van der Waals surface area contributed by atoms with E-state index in [-0.39, 0.29) is 5.92 Å². The number of nitrogens with two attached hydrogens (primary N) is 1. The molecule has 1 unspecified atom stereocenters. The fourth-order valence-electron chi connectivity index (χ4n) is 4.36. The van der Waals surface area contributed by atoms with E-state index < -0.39 is 24.0 Å². The first-order valence-corrected chi connectivity index (χ1v) is 10.9. The van der Waals surface area contributed by atoms with Crippen molar-refractivity contribution in [2.45, 2.75) is 38.1 Å². The number of carbonyl (C=O) groups excluding carboxylic acids is 2. The smallest absolute Gasteiger partial charge is 0.255 e. The topological polar surface area (TPSA) is 132 Å². The molecule has 2 aromatic rings. The minimum Gasteiger partial charge on any atom is -0.382 e. The number of carbonyl (C=O) groups is 2. The van der Waals surface area contributed by atoms with Crippen molar-refractivity contribution < 1.29 is 19.8 Å². The Morgan fingerprint density at radius 2 is 1.72 bits per heavy atom. The third kappa shape index (κ3) is 4.68. The number of rotatable bonds is 6. The molecule has 9 heteroatoms. The van der Waals surface area contributed by atoms with Crippen molar-refractivity contribution in [3.63, 3.8) is 0 Å². The van der Waals surface area contributed by atoms with Gasteiger partial charge in [-0.2, -0.15) is 0 Å². The molecular weight excluding hydrogens is 410 g/mol. The van der Waals surface area contributed by atoms with Gasteiger partial charge in [-0.15, -0.1) is 0 Å². The Bertz CT molecular complexity index is 951. The lowest BCUT2D eigenvalue weighted by molar-refractivity contribution is -0.153. The molecule has 2 atom stereocenters. The third-order valence-corrected chi connectivity index (χ3v) is 6.31. The Morgan fingerprint density at radius 3 is 2.34 bits per heavy atom. The summed E-state index contributed by atoms with van der Waals surface area (Å²) >= 11 is 0. The second-order valence-electron chi connectivity index (χ2n) is 8.44. The Kier molecular flexibility index (Phi) is 6.57. The molecule has 0 saturated carbocycles. The number of nitrogens with zero attached hydrogens (tertiary/aromatic N) is 3. The van der Waals surface area contributed by atoms with E-state index in [0.29, 0.717) is 25.5 Å². The van der Waals surface area contributed by atoms with Crippen LogP contribution in [0.4, 0.5) is 11.5 Å². The SMILES string of the molecule is Nc1ncccc1N1CCC(CNC(=O)[C@H](O)C(O)C(=O)N2Cc3ccccc3C2)CC1. The molecule has 1 saturated heterocycles. The van der Waals surface area contributed by atoms with Gasteiger partial charge in [0.2, 0.25) is 0 Å². The van der Waals surface area contributed by atoms with E-state index >= 15 is 0 Å². The zero-order valence-corrected chi connectivity index (χ0v) is 17.9. The summed E-state index contributed by atoms with van der Waals surface area (Å²) in [5.41, 5.74) is 8.87. The summed E-state index contributed by atoms with van der Waals surface area (Å²) in [5.74, 6) is -0.643. The van der Waals surface area contributed by atoms with Crippen molar-refractivity contribution in [2.24, 2.45) is 5.92 Å². The number of pyridine rings is 1.